The Bertz CT molecular complexity index is 491. The number of piperidine rings is 1. The number of hydrogen-bond donors (Lipinski definition) is 1. The Morgan fingerprint density at radius 2 is 2.24 bits per heavy atom. The van der Waals surface area contributed by atoms with Crippen molar-refractivity contribution in [2.75, 3.05) is 19.7 Å². The van der Waals surface area contributed by atoms with Gasteiger partial charge in [-0.05, 0) is 50.0 Å². The van der Waals surface area contributed by atoms with Gasteiger partial charge in [-0.3, -0.25) is 0 Å². The number of thiazole rings is 1. The Kier molecular flexibility index (Phi) is 3.25. The van der Waals surface area contributed by atoms with Gasteiger partial charge in [0.2, 0.25) is 0 Å². The van der Waals surface area contributed by atoms with E-state index >= 15 is 0 Å². The minimum absolute atomic E-state index is 0.702. The molecular formula is C13H16N2OS. The summed E-state index contributed by atoms with van der Waals surface area (Å²) in [6.45, 7) is 3.09. The summed E-state index contributed by atoms with van der Waals surface area (Å²) in [7, 11) is 0. The van der Waals surface area contributed by atoms with E-state index in [2.05, 4.69) is 16.4 Å². The zero-order valence-electron chi connectivity index (χ0n) is 9.69. The maximum Gasteiger partial charge on any atom is 0.120 e. The van der Waals surface area contributed by atoms with E-state index in [0.717, 1.165) is 31.0 Å². The van der Waals surface area contributed by atoms with E-state index in [9.17, 15) is 0 Å². The van der Waals surface area contributed by atoms with Crippen molar-refractivity contribution in [1.29, 1.82) is 0 Å². The predicted octanol–water partition coefficient (Wildman–Crippen LogP) is 2.67. The van der Waals surface area contributed by atoms with Crippen molar-refractivity contribution in [3.8, 4) is 5.75 Å². The van der Waals surface area contributed by atoms with Crippen molar-refractivity contribution in [3.63, 3.8) is 0 Å². The lowest BCUT2D eigenvalue weighted by atomic mass is 9.99. The Morgan fingerprint density at radius 3 is 3.12 bits per heavy atom. The number of rotatable bonds is 3. The lowest BCUT2D eigenvalue weighted by Crippen LogP contribution is -2.30. The SMILES string of the molecule is c1nc2ccc(OCC3CCNCC3)cc2s1. The first-order valence-electron chi connectivity index (χ1n) is 6.08. The molecule has 0 bridgehead atoms. The summed E-state index contributed by atoms with van der Waals surface area (Å²) in [5.41, 5.74) is 2.94. The van der Waals surface area contributed by atoms with Gasteiger partial charge in [0.05, 0.1) is 22.3 Å². The summed E-state index contributed by atoms with van der Waals surface area (Å²) >= 11 is 1.66. The third-order valence-electron chi connectivity index (χ3n) is 3.25. The Balaban J connectivity index is 1.63. The number of nitrogens with one attached hydrogen (secondary N) is 1. The molecule has 1 aliphatic heterocycles. The fourth-order valence-electron chi connectivity index (χ4n) is 2.19. The Hall–Kier alpha value is -1.13. The number of fused-ring (bicyclic) bond motifs is 1. The first-order valence-corrected chi connectivity index (χ1v) is 6.96. The molecule has 2 heterocycles. The average molecular weight is 248 g/mol. The van der Waals surface area contributed by atoms with Crippen LogP contribution in [0.4, 0.5) is 0 Å². The van der Waals surface area contributed by atoms with Gasteiger partial charge in [0.1, 0.15) is 5.75 Å². The van der Waals surface area contributed by atoms with Gasteiger partial charge in [-0.15, -0.1) is 11.3 Å². The lowest BCUT2D eigenvalue weighted by Gasteiger charge is -2.22. The minimum Gasteiger partial charge on any atom is -0.493 e. The van der Waals surface area contributed by atoms with Crippen LogP contribution in [0.15, 0.2) is 23.7 Å². The van der Waals surface area contributed by atoms with Crippen molar-refractivity contribution in [1.82, 2.24) is 10.3 Å². The summed E-state index contributed by atoms with van der Waals surface area (Å²) in [6, 6.07) is 6.14. The van der Waals surface area contributed by atoms with E-state index in [0.29, 0.717) is 5.92 Å². The summed E-state index contributed by atoms with van der Waals surface area (Å²) in [4.78, 5) is 4.26. The van der Waals surface area contributed by atoms with Crippen LogP contribution in [0.5, 0.6) is 5.75 Å². The summed E-state index contributed by atoms with van der Waals surface area (Å²) in [6.07, 6.45) is 2.45. The first kappa shape index (κ1) is 11.0. The molecule has 0 aliphatic carbocycles. The molecule has 1 aromatic carbocycles. The Labute approximate surface area is 105 Å². The molecule has 0 atom stereocenters. The van der Waals surface area contributed by atoms with Crippen LogP contribution in [0.1, 0.15) is 12.8 Å². The van der Waals surface area contributed by atoms with Crippen LogP contribution in [-0.2, 0) is 0 Å². The largest absolute Gasteiger partial charge is 0.493 e. The number of ether oxygens (including phenoxy) is 1. The molecule has 0 spiro atoms. The fraction of sp³-hybridized carbons (Fsp3) is 0.462. The average Bonchev–Trinajstić information content (AvgIpc) is 2.85. The maximum absolute atomic E-state index is 5.87. The topological polar surface area (TPSA) is 34.1 Å². The molecule has 3 nitrogen and oxygen atoms in total. The van der Waals surface area contributed by atoms with Crippen molar-refractivity contribution < 1.29 is 4.74 Å². The van der Waals surface area contributed by atoms with Crippen LogP contribution in [0.25, 0.3) is 10.2 Å². The normalized spacial score (nSPS) is 17.4. The highest BCUT2D eigenvalue weighted by molar-refractivity contribution is 7.16. The van der Waals surface area contributed by atoms with Crippen molar-refractivity contribution in [2.45, 2.75) is 12.8 Å². The Morgan fingerprint density at radius 1 is 1.35 bits per heavy atom. The highest BCUT2D eigenvalue weighted by Crippen LogP contribution is 2.24. The molecule has 1 fully saturated rings. The maximum atomic E-state index is 5.87. The molecule has 1 aromatic heterocycles. The van der Waals surface area contributed by atoms with E-state index in [1.54, 1.807) is 11.3 Å². The molecule has 0 radical (unpaired) electrons. The highest BCUT2D eigenvalue weighted by Gasteiger charge is 2.13. The van der Waals surface area contributed by atoms with Crippen LogP contribution < -0.4 is 10.1 Å². The smallest absolute Gasteiger partial charge is 0.120 e. The van der Waals surface area contributed by atoms with E-state index in [1.807, 2.05) is 17.6 Å². The van der Waals surface area contributed by atoms with Crippen LogP contribution in [-0.4, -0.2) is 24.7 Å². The number of benzene rings is 1. The van der Waals surface area contributed by atoms with Gasteiger partial charge in [-0.2, -0.15) is 0 Å². The third kappa shape index (κ3) is 2.58. The van der Waals surface area contributed by atoms with Crippen LogP contribution in [0.2, 0.25) is 0 Å². The number of aromatic nitrogens is 1. The molecule has 17 heavy (non-hydrogen) atoms. The number of nitrogens with zero attached hydrogens (tertiary/aromatic N) is 1. The van der Waals surface area contributed by atoms with Crippen LogP contribution in [0.3, 0.4) is 0 Å². The quantitative estimate of drug-likeness (QED) is 0.906. The molecule has 90 valence electrons. The molecule has 0 saturated carbocycles. The zero-order valence-corrected chi connectivity index (χ0v) is 10.5. The van der Waals surface area contributed by atoms with Crippen molar-refractivity contribution >= 4 is 21.6 Å². The van der Waals surface area contributed by atoms with E-state index in [1.165, 1.54) is 17.5 Å². The summed E-state index contributed by atoms with van der Waals surface area (Å²) < 4.78 is 7.08. The van der Waals surface area contributed by atoms with Crippen LogP contribution >= 0.6 is 11.3 Å². The highest BCUT2D eigenvalue weighted by atomic mass is 32.1. The molecule has 0 unspecified atom stereocenters. The van der Waals surface area contributed by atoms with Gasteiger partial charge in [0.25, 0.3) is 0 Å². The second kappa shape index (κ2) is 5.02. The molecule has 0 amide bonds. The molecule has 1 N–H and O–H groups in total. The molecule has 2 aromatic rings. The number of hydrogen-bond acceptors (Lipinski definition) is 4. The standard InChI is InChI=1S/C13H16N2OS/c1-2-12-13(17-9-15-12)7-11(1)16-8-10-3-5-14-6-4-10/h1-2,7,9-10,14H,3-6,8H2. The van der Waals surface area contributed by atoms with Gasteiger partial charge >= 0.3 is 0 Å². The molecular weight excluding hydrogens is 232 g/mol. The zero-order chi connectivity index (χ0) is 11.5. The van der Waals surface area contributed by atoms with Crippen molar-refractivity contribution in [2.24, 2.45) is 5.92 Å². The van der Waals surface area contributed by atoms with E-state index < -0.39 is 0 Å². The monoisotopic (exact) mass is 248 g/mol. The molecule has 3 rings (SSSR count). The minimum atomic E-state index is 0.702. The molecule has 1 saturated heterocycles. The van der Waals surface area contributed by atoms with Gasteiger partial charge in [-0.25, -0.2) is 4.98 Å². The van der Waals surface area contributed by atoms with Gasteiger partial charge < -0.3 is 10.1 Å². The first-order chi connectivity index (χ1) is 8.42. The molecule has 1 aliphatic rings. The van der Waals surface area contributed by atoms with E-state index in [-0.39, 0.29) is 0 Å². The third-order valence-corrected chi connectivity index (χ3v) is 4.04. The second-order valence-electron chi connectivity index (χ2n) is 4.49. The van der Waals surface area contributed by atoms with Gasteiger partial charge in [0, 0.05) is 0 Å². The van der Waals surface area contributed by atoms with Gasteiger partial charge in [0.15, 0.2) is 0 Å². The summed E-state index contributed by atoms with van der Waals surface area (Å²) in [5.74, 6) is 1.67. The second-order valence-corrected chi connectivity index (χ2v) is 5.37. The van der Waals surface area contributed by atoms with Gasteiger partial charge in [-0.1, -0.05) is 0 Å². The summed E-state index contributed by atoms with van der Waals surface area (Å²) in [5, 5.41) is 3.37. The molecule has 4 heteroatoms. The van der Waals surface area contributed by atoms with E-state index in [4.69, 9.17) is 4.74 Å². The fourth-order valence-corrected chi connectivity index (χ4v) is 2.89. The van der Waals surface area contributed by atoms with Crippen LogP contribution in [0, 0.1) is 5.92 Å². The lowest BCUT2D eigenvalue weighted by molar-refractivity contribution is 0.215. The van der Waals surface area contributed by atoms with Crippen molar-refractivity contribution in [3.05, 3.63) is 23.7 Å². The predicted molar refractivity (Wildman–Crippen MR) is 70.7 cm³/mol.